The molecule has 1 heterocycles. The maximum absolute atomic E-state index is 11.1. The summed E-state index contributed by atoms with van der Waals surface area (Å²) in [6.07, 6.45) is 5.76. The molecule has 72 valence electrons. The van der Waals surface area contributed by atoms with Crippen LogP contribution in [-0.4, -0.2) is 15.3 Å². The molecular weight excluding hydrogens is 164 g/mol. The fourth-order valence-electron chi connectivity index (χ4n) is 1.28. The third-order valence-corrected chi connectivity index (χ3v) is 2.16. The van der Waals surface area contributed by atoms with E-state index in [9.17, 15) is 4.79 Å². The van der Waals surface area contributed by atoms with Gasteiger partial charge in [0.15, 0.2) is 0 Å². The SMILES string of the molecule is CCC(=O)CCc1nccn1CC. The average molecular weight is 180 g/mol. The fraction of sp³-hybridized carbons (Fsp3) is 0.600. The quantitative estimate of drug-likeness (QED) is 0.692. The van der Waals surface area contributed by atoms with Gasteiger partial charge in [0.2, 0.25) is 0 Å². The number of ketones is 1. The normalized spacial score (nSPS) is 10.3. The third-order valence-electron chi connectivity index (χ3n) is 2.16. The van der Waals surface area contributed by atoms with Gasteiger partial charge in [0.25, 0.3) is 0 Å². The molecule has 0 aromatic carbocycles. The lowest BCUT2D eigenvalue weighted by Crippen LogP contribution is -2.04. The van der Waals surface area contributed by atoms with Crippen molar-refractivity contribution in [1.29, 1.82) is 0 Å². The molecule has 0 aliphatic heterocycles. The lowest BCUT2D eigenvalue weighted by Gasteiger charge is -2.02. The average Bonchev–Trinajstić information content (AvgIpc) is 2.61. The first-order valence-electron chi connectivity index (χ1n) is 4.79. The molecule has 0 unspecified atom stereocenters. The summed E-state index contributed by atoms with van der Waals surface area (Å²) in [6.45, 7) is 4.90. The van der Waals surface area contributed by atoms with Gasteiger partial charge in [-0.05, 0) is 6.92 Å². The van der Waals surface area contributed by atoms with Crippen molar-refractivity contribution in [2.24, 2.45) is 0 Å². The van der Waals surface area contributed by atoms with E-state index in [2.05, 4.69) is 16.5 Å². The Bertz CT molecular complexity index is 278. The minimum absolute atomic E-state index is 0.311. The van der Waals surface area contributed by atoms with Gasteiger partial charge < -0.3 is 4.57 Å². The van der Waals surface area contributed by atoms with Crippen molar-refractivity contribution in [1.82, 2.24) is 9.55 Å². The lowest BCUT2D eigenvalue weighted by atomic mass is 10.2. The maximum atomic E-state index is 11.1. The Morgan fingerprint density at radius 1 is 1.54 bits per heavy atom. The summed E-state index contributed by atoms with van der Waals surface area (Å²) in [6, 6.07) is 0. The van der Waals surface area contributed by atoms with Crippen molar-refractivity contribution < 1.29 is 4.79 Å². The van der Waals surface area contributed by atoms with Gasteiger partial charge >= 0.3 is 0 Å². The molecule has 0 N–H and O–H groups in total. The Balaban J connectivity index is 2.49. The second-order valence-corrected chi connectivity index (χ2v) is 3.02. The number of nitrogens with zero attached hydrogens (tertiary/aromatic N) is 2. The second-order valence-electron chi connectivity index (χ2n) is 3.02. The molecule has 0 spiro atoms. The van der Waals surface area contributed by atoms with Crippen LogP contribution in [0.15, 0.2) is 12.4 Å². The van der Waals surface area contributed by atoms with Crippen molar-refractivity contribution in [3.8, 4) is 0 Å². The molecule has 1 aromatic rings. The summed E-state index contributed by atoms with van der Waals surface area (Å²) in [5.41, 5.74) is 0. The van der Waals surface area contributed by atoms with Gasteiger partial charge in [0.1, 0.15) is 11.6 Å². The van der Waals surface area contributed by atoms with E-state index >= 15 is 0 Å². The van der Waals surface area contributed by atoms with E-state index in [0.717, 1.165) is 18.8 Å². The van der Waals surface area contributed by atoms with E-state index in [-0.39, 0.29) is 0 Å². The second kappa shape index (κ2) is 4.80. The summed E-state index contributed by atoms with van der Waals surface area (Å²) in [5.74, 6) is 1.33. The van der Waals surface area contributed by atoms with E-state index in [1.807, 2.05) is 13.1 Å². The summed E-state index contributed by atoms with van der Waals surface area (Å²) >= 11 is 0. The van der Waals surface area contributed by atoms with E-state index < -0.39 is 0 Å². The molecule has 1 aromatic heterocycles. The molecule has 3 nitrogen and oxygen atoms in total. The predicted molar refractivity (Wildman–Crippen MR) is 51.5 cm³/mol. The van der Waals surface area contributed by atoms with Crippen LogP contribution in [0.3, 0.4) is 0 Å². The third kappa shape index (κ3) is 2.68. The maximum Gasteiger partial charge on any atom is 0.133 e. The van der Waals surface area contributed by atoms with Crippen LogP contribution in [0, 0.1) is 0 Å². The van der Waals surface area contributed by atoms with Crippen LogP contribution in [0.1, 0.15) is 32.5 Å². The van der Waals surface area contributed by atoms with Gasteiger partial charge in [-0.3, -0.25) is 4.79 Å². The Morgan fingerprint density at radius 3 is 2.92 bits per heavy atom. The van der Waals surface area contributed by atoms with Crippen LogP contribution in [0.4, 0.5) is 0 Å². The highest BCUT2D eigenvalue weighted by Crippen LogP contribution is 2.02. The van der Waals surface area contributed by atoms with Crippen molar-refractivity contribution in [3.63, 3.8) is 0 Å². The van der Waals surface area contributed by atoms with Crippen LogP contribution < -0.4 is 0 Å². The number of aryl methyl sites for hydroxylation is 2. The zero-order valence-corrected chi connectivity index (χ0v) is 8.29. The summed E-state index contributed by atoms with van der Waals surface area (Å²) < 4.78 is 2.07. The Morgan fingerprint density at radius 2 is 2.31 bits per heavy atom. The largest absolute Gasteiger partial charge is 0.335 e. The number of Topliss-reactive ketones (excluding diaryl/α,β-unsaturated/α-hetero) is 1. The monoisotopic (exact) mass is 180 g/mol. The molecule has 13 heavy (non-hydrogen) atoms. The first-order chi connectivity index (χ1) is 6.27. The van der Waals surface area contributed by atoms with Crippen LogP contribution in [0.5, 0.6) is 0 Å². The predicted octanol–water partition coefficient (Wildman–Crippen LogP) is 1.81. The van der Waals surface area contributed by atoms with Crippen molar-refractivity contribution in [3.05, 3.63) is 18.2 Å². The van der Waals surface area contributed by atoms with E-state index in [1.165, 1.54) is 0 Å². The number of imidazole rings is 1. The Labute approximate surface area is 78.8 Å². The number of carbonyl (C=O) groups excluding carboxylic acids is 1. The van der Waals surface area contributed by atoms with Gasteiger partial charge in [0, 0.05) is 38.2 Å². The number of carbonyl (C=O) groups is 1. The number of hydrogen-bond acceptors (Lipinski definition) is 2. The zero-order valence-electron chi connectivity index (χ0n) is 8.29. The van der Waals surface area contributed by atoms with E-state index in [1.54, 1.807) is 6.20 Å². The minimum atomic E-state index is 0.311. The van der Waals surface area contributed by atoms with Crippen LogP contribution in [0.25, 0.3) is 0 Å². The van der Waals surface area contributed by atoms with E-state index in [0.29, 0.717) is 18.6 Å². The number of aromatic nitrogens is 2. The fourth-order valence-corrected chi connectivity index (χ4v) is 1.28. The van der Waals surface area contributed by atoms with Gasteiger partial charge in [-0.2, -0.15) is 0 Å². The van der Waals surface area contributed by atoms with Crippen LogP contribution >= 0.6 is 0 Å². The molecule has 0 bridgehead atoms. The number of hydrogen-bond donors (Lipinski definition) is 0. The van der Waals surface area contributed by atoms with Gasteiger partial charge in [-0.15, -0.1) is 0 Å². The smallest absolute Gasteiger partial charge is 0.133 e. The Hall–Kier alpha value is -1.12. The molecule has 0 amide bonds. The molecule has 0 fully saturated rings. The highest BCUT2D eigenvalue weighted by atomic mass is 16.1. The molecule has 3 heteroatoms. The molecular formula is C10H16N2O. The van der Waals surface area contributed by atoms with Gasteiger partial charge in [-0.25, -0.2) is 4.98 Å². The van der Waals surface area contributed by atoms with Crippen LogP contribution in [-0.2, 0) is 17.8 Å². The summed E-state index contributed by atoms with van der Waals surface area (Å²) in [5, 5.41) is 0. The molecule has 0 saturated heterocycles. The first kappa shape index (κ1) is 9.96. The number of rotatable bonds is 5. The summed E-state index contributed by atoms with van der Waals surface area (Å²) in [4.78, 5) is 15.3. The summed E-state index contributed by atoms with van der Waals surface area (Å²) in [7, 11) is 0. The van der Waals surface area contributed by atoms with E-state index in [4.69, 9.17) is 0 Å². The molecule has 0 saturated carbocycles. The van der Waals surface area contributed by atoms with Crippen LogP contribution in [0.2, 0.25) is 0 Å². The standard InChI is InChI=1S/C10H16N2O/c1-3-9(13)5-6-10-11-7-8-12(10)4-2/h7-8H,3-6H2,1-2H3. The van der Waals surface area contributed by atoms with Gasteiger partial charge in [0.05, 0.1) is 0 Å². The zero-order chi connectivity index (χ0) is 9.68. The van der Waals surface area contributed by atoms with Crippen molar-refractivity contribution >= 4 is 5.78 Å². The molecule has 0 atom stereocenters. The van der Waals surface area contributed by atoms with Crippen molar-refractivity contribution in [2.75, 3.05) is 0 Å². The highest BCUT2D eigenvalue weighted by molar-refractivity contribution is 5.78. The topological polar surface area (TPSA) is 34.9 Å². The minimum Gasteiger partial charge on any atom is -0.335 e. The molecule has 0 aliphatic rings. The Kier molecular flexibility index (Phi) is 3.68. The molecule has 0 radical (unpaired) electrons. The lowest BCUT2D eigenvalue weighted by molar-refractivity contribution is -0.118. The molecule has 0 aliphatic carbocycles. The van der Waals surface area contributed by atoms with Crippen molar-refractivity contribution in [2.45, 2.75) is 39.7 Å². The van der Waals surface area contributed by atoms with Gasteiger partial charge in [-0.1, -0.05) is 6.92 Å². The highest BCUT2D eigenvalue weighted by Gasteiger charge is 2.03. The first-order valence-corrected chi connectivity index (χ1v) is 4.79. The molecule has 1 rings (SSSR count).